The van der Waals surface area contributed by atoms with Crippen LogP contribution in [-0.4, -0.2) is 60.5 Å². The molecular weight excluding hydrogens is 602 g/mol. The van der Waals surface area contributed by atoms with Crippen molar-refractivity contribution in [3.8, 4) is 5.75 Å². The van der Waals surface area contributed by atoms with Crippen molar-refractivity contribution in [1.29, 1.82) is 0 Å². The smallest absolute Gasteiger partial charge is 0.307 e. The molecule has 3 unspecified atom stereocenters. The number of benzene rings is 2. The van der Waals surface area contributed by atoms with Gasteiger partial charge in [0, 0.05) is 41.8 Å². The molecule has 2 amide bonds. The highest BCUT2D eigenvalue weighted by Gasteiger charge is 2.44. The topological polar surface area (TPSA) is 118 Å². The maximum absolute atomic E-state index is 14.3. The van der Waals surface area contributed by atoms with Crippen molar-refractivity contribution < 1.29 is 24.2 Å². The first kappa shape index (κ1) is 28.4. The Morgan fingerprint density at radius 3 is 2.67 bits per heavy atom. The summed E-state index contributed by atoms with van der Waals surface area (Å²) in [6.07, 6.45) is 4.93. The number of ether oxygens (including phenoxy) is 1. The molecule has 0 saturated heterocycles. The summed E-state index contributed by atoms with van der Waals surface area (Å²) in [5.41, 5.74) is 3.51. The molecule has 1 fully saturated rings. The first-order valence-electron chi connectivity index (χ1n) is 14.6. The SMILES string of the molecule is CCn1cnnc1COc1ccc(Br)c2c1C(CN1Cc3ccccc3C1=O)N(C(=O)C1CCCCC1C(=O)O)CC2. The van der Waals surface area contributed by atoms with Crippen molar-refractivity contribution in [1.82, 2.24) is 24.6 Å². The van der Waals surface area contributed by atoms with Crippen LogP contribution in [0, 0.1) is 11.8 Å². The molecule has 220 valence electrons. The van der Waals surface area contributed by atoms with Crippen molar-refractivity contribution in [2.45, 2.75) is 64.8 Å². The van der Waals surface area contributed by atoms with Crippen molar-refractivity contribution in [3.63, 3.8) is 0 Å². The van der Waals surface area contributed by atoms with E-state index in [4.69, 9.17) is 4.74 Å². The number of amides is 2. The van der Waals surface area contributed by atoms with E-state index in [-0.39, 0.29) is 25.0 Å². The lowest BCUT2D eigenvalue weighted by molar-refractivity contribution is -0.153. The average Bonchev–Trinajstić information content (AvgIpc) is 3.60. The van der Waals surface area contributed by atoms with Gasteiger partial charge in [-0.3, -0.25) is 14.4 Å². The molecule has 10 nitrogen and oxygen atoms in total. The number of hydrogen-bond donors (Lipinski definition) is 1. The third-order valence-corrected chi connectivity index (χ3v) is 9.68. The van der Waals surface area contributed by atoms with E-state index in [2.05, 4.69) is 26.1 Å². The molecule has 2 aromatic carbocycles. The molecule has 0 spiro atoms. The Morgan fingerprint density at radius 2 is 1.90 bits per heavy atom. The number of carbonyl (C=O) groups excluding carboxylic acids is 2. The Hall–Kier alpha value is -3.73. The summed E-state index contributed by atoms with van der Waals surface area (Å²) < 4.78 is 9.21. The van der Waals surface area contributed by atoms with E-state index in [1.807, 2.05) is 52.8 Å². The second-order valence-corrected chi connectivity index (χ2v) is 12.1. The number of carbonyl (C=O) groups is 3. The van der Waals surface area contributed by atoms with Crippen molar-refractivity contribution in [2.24, 2.45) is 11.8 Å². The number of hydrogen-bond acceptors (Lipinski definition) is 6. The van der Waals surface area contributed by atoms with Gasteiger partial charge in [0.15, 0.2) is 5.82 Å². The molecule has 1 saturated carbocycles. The summed E-state index contributed by atoms with van der Waals surface area (Å²) >= 11 is 3.72. The number of aliphatic carboxylic acids is 1. The fraction of sp³-hybridized carbons (Fsp3) is 0.452. The molecule has 3 aliphatic rings. The Bertz CT molecular complexity index is 1520. The highest BCUT2D eigenvalue weighted by Crippen LogP contribution is 2.43. The van der Waals surface area contributed by atoms with Gasteiger partial charge in [-0.25, -0.2) is 0 Å². The van der Waals surface area contributed by atoms with Gasteiger partial charge in [0.05, 0.1) is 17.9 Å². The van der Waals surface area contributed by atoms with Gasteiger partial charge in [0.1, 0.15) is 18.7 Å². The molecule has 2 aliphatic heterocycles. The van der Waals surface area contributed by atoms with Crippen LogP contribution < -0.4 is 4.74 Å². The minimum absolute atomic E-state index is 0.0697. The highest BCUT2D eigenvalue weighted by atomic mass is 79.9. The Morgan fingerprint density at radius 1 is 1.12 bits per heavy atom. The molecule has 3 atom stereocenters. The number of aromatic nitrogens is 3. The Balaban J connectivity index is 1.38. The van der Waals surface area contributed by atoms with Gasteiger partial charge in [-0.1, -0.05) is 47.0 Å². The van der Waals surface area contributed by atoms with Crippen molar-refractivity contribution >= 4 is 33.7 Å². The molecule has 0 radical (unpaired) electrons. The zero-order valence-corrected chi connectivity index (χ0v) is 25.1. The van der Waals surface area contributed by atoms with E-state index in [1.165, 1.54) is 0 Å². The van der Waals surface area contributed by atoms with E-state index < -0.39 is 23.8 Å². The lowest BCUT2D eigenvalue weighted by atomic mass is 9.77. The van der Waals surface area contributed by atoms with Gasteiger partial charge < -0.3 is 24.2 Å². The molecule has 1 aromatic heterocycles. The second kappa shape index (κ2) is 11.9. The lowest BCUT2D eigenvalue weighted by Gasteiger charge is -2.43. The summed E-state index contributed by atoms with van der Waals surface area (Å²) in [5, 5.41) is 18.2. The lowest BCUT2D eigenvalue weighted by Crippen LogP contribution is -2.50. The second-order valence-electron chi connectivity index (χ2n) is 11.2. The van der Waals surface area contributed by atoms with Crippen molar-refractivity contribution in [2.75, 3.05) is 13.1 Å². The first-order chi connectivity index (χ1) is 20.4. The normalized spacial score (nSPS) is 21.7. The fourth-order valence-electron chi connectivity index (χ4n) is 6.76. The predicted octanol–water partition coefficient (Wildman–Crippen LogP) is 4.61. The largest absolute Gasteiger partial charge is 0.485 e. The van der Waals surface area contributed by atoms with Crippen LogP contribution in [0.1, 0.15) is 71.5 Å². The van der Waals surface area contributed by atoms with Gasteiger partial charge in [-0.15, -0.1) is 10.2 Å². The van der Waals surface area contributed by atoms with Crippen LogP contribution in [0.25, 0.3) is 0 Å². The molecule has 6 rings (SSSR count). The van der Waals surface area contributed by atoms with Crippen LogP contribution in [0.2, 0.25) is 0 Å². The minimum Gasteiger partial charge on any atom is -0.485 e. The number of nitrogens with zero attached hydrogens (tertiary/aromatic N) is 5. The molecule has 0 bridgehead atoms. The quantitative estimate of drug-likeness (QED) is 0.384. The van der Waals surface area contributed by atoms with Crippen LogP contribution in [0.4, 0.5) is 0 Å². The Labute approximate surface area is 252 Å². The zero-order chi connectivity index (χ0) is 29.4. The summed E-state index contributed by atoms with van der Waals surface area (Å²) in [7, 11) is 0. The number of carboxylic acid groups (broad SMARTS) is 1. The maximum Gasteiger partial charge on any atom is 0.307 e. The number of halogens is 1. The average molecular weight is 637 g/mol. The van der Waals surface area contributed by atoms with E-state index in [1.54, 1.807) is 11.2 Å². The number of rotatable bonds is 8. The van der Waals surface area contributed by atoms with Crippen LogP contribution in [0.3, 0.4) is 0 Å². The van der Waals surface area contributed by atoms with E-state index in [9.17, 15) is 19.5 Å². The van der Waals surface area contributed by atoms with E-state index in [0.29, 0.717) is 56.0 Å². The standard InChI is InChI=1S/C31H34BrN5O5/c1-2-35-18-33-34-27(35)17-42-26-12-11-24(32)23-13-14-37(30(39)21-9-5-6-10-22(21)31(40)41)25(28(23)26)16-36-15-19-7-3-4-8-20(19)29(36)38/h3-4,7-8,11-12,18,21-22,25H,2,5-6,9-10,13-17H2,1H3,(H,40,41). The van der Waals surface area contributed by atoms with Gasteiger partial charge in [0.25, 0.3) is 5.91 Å². The summed E-state index contributed by atoms with van der Waals surface area (Å²) in [5.74, 6) is -1.14. The highest BCUT2D eigenvalue weighted by molar-refractivity contribution is 9.10. The van der Waals surface area contributed by atoms with Gasteiger partial charge in [0.2, 0.25) is 5.91 Å². The van der Waals surface area contributed by atoms with Crippen LogP contribution >= 0.6 is 15.9 Å². The van der Waals surface area contributed by atoms with Gasteiger partial charge in [-0.05, 0) is 55.5 Å². The number of aryl methyl sites for hydroxylation is 1. The molecule has 11 heteroatoms. The zero-order valence-electron chi connectivity index (χ0n) is 23.5. The van der Waals surface area contributed by atoms with Gasteiger partial charge in [-0.2, -0.15) is 0 Å². The summed E-state index contributed by atoms with van der Waals surface area (Å²) in [4.78, 5) is 43.5. The minimum atomic E-state index is -0.918. The molecule has 42 heavy (non-hydrogen) atoms. The number of fused-ring (bicyclic) bond motifs is 2. The van der Waals surface area contributed by atoms with Gasteiger partial charge >= 0.3 is 5.97 Å². The first-order valence-corrected chi connectivity index (χ1v) is 15.4. The van der Waals surface area contributed by atoms with E-state index >= 15 is 0 Å². The fourth-order valence-corrected chi connectivity index (χ4v) is 7.31. The van der Waals surface area contributed by atoms with Crippen LogP contribution in [-0.2, 0) is 35.7 Å². The number of carboxylic acids is 1. The third-order valence-electron chi connectivity index (χ3n) is 8.94. The van der Waals surface area contributed by atoms with Crippen LogP contribution in [0.5, 0.6) is 5.75 Å². The third kappa shape index (κ3) is 5.19. The summed E-state index contributed by atoms with van der Waals surface area (Å²) in [6.45, 7) is 4.07. The molecule has 1 N–H and O–H groups in total. The molecule has 3 aromatic rings. The monoisotopic (exact) mass is 635 g/mol. The maximum atomic E-state index is 14.3. The van der Waals surface area contributed by atoms with Crippen LogP contribution in [0.15, 0.2) is 47.2 Å². The molecular formula is C31H34BrN5O5. The van der Waals surface area contributed by atoms with E-state index in [0.717, 1.165) is 34.0 Å². The van der Waals surface area contributed by atoms with Crippen molar-refractivity contribution in [3.05, 3.63) is 75.3 Å². The predicted molar refractivity (Wildman–Crippen MR) is 157 cm³/mol. The summed E-state index contributed by atoms with van der Waals surface area (Å²) in [6, 6.07) is 10.9. The molecule has 1 aliphatic carbocycles. The Kier molecular flexibility index (Phi) is 8.02. The molecule has 3 heterocycles.